The van der Waals surface area contributed by atoms with Crippen molar-refractivity contribution in [3.63, 3.8) is 0 Å². The van der Waals surface area contributed by atoms with E-state index in [-0.39, 0.29) is 19.1 Å². The highest BCUT2D eigenvalue weighted by Crippen LogP contribution is 2.16. The van der Waals surface area contributed by atoms with E-state index in [2.05, 4.69) is 10.3 Å². The third-order valence-electron chi connectivity index (χ3n) is 3.24. The van der Waals surface area contributed by atoms with Crippen LogP contribution in [0.4, 0.5) is 5.69 Å². The Morgan fingerprint density at radius 1 is 1.21 bits per heavy atom. The van der Waals surface area contributed by atoms with Gasteiger partial charge in [-0.15, -0.1) is 0 Å². The number of benzene rings is 2. The Labute approximate surface area is 141 Å². The first-order valence-electron chi connectivity index (χ1n) is 7.68. The lowest BCUT2D eigenvalue weighted by molar-refractivity contribution is 0.0331. The van der Waals surface area contributed by atoms with Crippen LogP contribution in [0.25, 0.3) is 0 Å². The van der Waals surface area contributed by atoms with Crippen molar-refractivity contribution in [3.8, 4) is 5.75 Å². The van der Waals surface area contributed by atoms with Gasteiger partial charge in [0.1, 0.15) is 5.75 Å². The minimum atomic E-state index is -0.709. The molecule has 0 fully saturated rings. The first-order valence-corrected chi connectivity index (χ1v) is 7.68. The summed E-state index contributed by atoms with van der Waals surface area (Å²) in [6.07, 6.45) is -0.709. The minimum Gasteiger partial charge on any atom is -0.497 e. The van der Waals surface area contributed by atoms with Crippen LogP contribution in [-0.4, -0.2) is 37.4 Å². The monoisotopic (exact) mass is 329 g/mol. The van der Waals surface area contributed by atoms with E-state index in [4.69, 9.17) is 15.2 Å². The van der Waals surface area contributed by atoms with E-state index in [1.54, 1.807) is 7.11 Å². The summed E-state index contributed by atoms with van der Waals surface area (Å²) in [4.78, 5) is 4.11. The average Bonchev–Trinajstić information content (AvgIpc) is 2.61. The molecule has 0 amide bonds. The van der Waals surface area contributed by atoms with Crippen molar-refractivity contribution in [1.29, 1.82) is 0 Å². The van der Waals surface area contributed by atoms with E-state index in [9.17, 15) is 5.11 Å². The quantitative estimate of drug-likeness (QED) is 0.509. The smallest absolute Gasteiger partial charge is 0.193 e. The Bertz CT molecular complexity index is 647. The molecular weight excluding hydrogens is 306 g/mol. The fourth-order valence-corrected chi connectivity index (χ4v) is 2.03. The summed E-state index contributed by atoms with van der Waals surface area (Å²) in [6.45, 7) is 0.821. The van der Waals surface area contributed by atoms with Crippen LogP contribution in [0.2, 0.25) is 0 Å². The predicted octanol–water partition coefficient (Wildman–Crippen LogP) is 2.00. The number of rotatable bonds is 8. The molecule has 0 aromatic heterocycles. The molecule has 0 aliphatic rings. The Balaban J connectivity index is 1.72. The summed E-state index contributed by atoms with van der Waals surface area (Å²) in [7, 11) is 1.60. The summed E-state index contributed by atoms with van der Waals surface area (Å²) >= 11 is 0. The highest BCUT2D eigenvalue weighted by Gasteiger charge is 2.04. The van der Waals surface area contributed by atoms with Crippen LogP contribution in [0.3, 0.4) is 0 Å². The Morgan fingerprint density at radius 2 is 2.00 bits per heavy atom. The number of hydrogen-bond donors (Lipinski definition) is 3. The van der Waals surface area contributed by atoms with Gasteiger partial charge in [0.25, 0.3) is 0 Å². The zero-order valence-electron chi connectivity index (χ0n) is 13.7. The Hall–Kier alpha value is -2.57. The predicted molar refractivity (Wildman–Crippen MR) is 95.2 cm³/mol. The van der Waals surface area contributed by atoms with E-state index in [0.29, 0.717) is 6.61 Å². The van der Waals surface area contributed by atoms with Gasteiger partial charge in [-0.1, -0.05) is 36.4 Å². The molecule has 1 atom stereocenters. The molecule has 6 heteroatoms. The van der Waals surface area contributed by atoms with Gasteiger partial charge >= 0.3 is 0 Å². The largest absolute Gasteiger partial charge is 0.497 e. The molecule has 1 unspecified atom stereocenters. The molecule has 2 aromatic rings. The third kappa shape index (κ3) is 6.28. The Morgan fingerprint density at radius 3 is 2.75 bits per heavy atom. The van der Waals surface area contributed by atoms with E-state index in [1.165, 1.54) is 0 Å². The first-order chi connectivity index (χ1) is 11.7. The SMILES string of the molecule is COc1cccc(NC(N)=NCC(O)COCc2ccccc2)c1. The van der Waals surface area contributed by atoms with Crippen molar-refractivity contribution in [2.45, 2.75) is 12.7 Å². The van der Waals surface area contributed by atoms with Crippen molar-refractivity contribution >= 4 is 11.6 Å². The molecule has 0 radical (unpaired) electrons. The summed E-state index contributed by atoms with van der Waals surface area (Å²) < 4.78 is 10.6. The van der Waals surface area contributed by atoms with Crippen LogP contribution in [-0.2, 0) is 11.3 Å². The lowest BCUT2D eigenvalue weighted by atomic mass is 10.2. The number of hydrogen-bond acceptors (Lipinski definition) is 4. The number of guanidine groups is 1. The molecule has 0 spiro atoms. The maximum Gasteiger partial charge on any atom is 0.193 e. The number of nitrogens with one attached hydrogen (secondary N) is 1. The molecule has 0 aliphatic heterocycles. The van der Waals surface area contributed by atoms with Gasteiger partial charge in [-0.25, -0.2) is 0 Å². The van der Waals surface area contributed by atoms with Crippen LogP contribution in [0, 0.1) is 0 Å². The lowest BCUT2D eigenvalue weighted by Gasteiger charge is -2.11. The van der Waals surface area contributed by atoms with E-state index in [1.807, 2.05) is 54.6 Å². The van der Waals surface area contributed by atoms with Crippen LogP contribution in [0.1, 0.15) is 5.56 Å². The molecule has 128 valence electrons. The van der Waals surface area contributed by atoms with Gasteiger partial charge in [0.05, 0.1) is 33.0 Å². The molecule has 2 aromatic carbocycles. The number of nitrogens with zero attached hydrogens (tertiary/aromatic N) is 1. The summed E-state index contributed by atoms with van der Waals surface area (Å²) in [5.74, 6) is 0.951. The first kappa shape index (κ1) is 17.8. The number of aliphatic imine (C=N–C) groups is 1. The maximum absolute atomic E-state index is 9.89. The summed E-state index contributed by atoms with van der Waals surface area (Å²) in [6, 6.07) is 17.1. The average molecular weight is 329 g/mol. The fourth-order valence-electron chi connectivity index (χ4n) is 2.03. The third-order valence-corrected chi connectivity index (χ3v) is 3.24. The van der Waals surface area contributed by atoms with Gasteiger partial charge in [0.2, 0.25) is 0 Å². The van der Waals surface area contributed by atoms with Crippen LogP contribution < -0.4 is 15.8 Å². The molecule has 2 rings (SSSR count). The van der Waals surface area contributed by atoms with Crippen molar-refractivity contribution < 1.29 is 14.6 Å². The normalized spacial score (nSPS) is 12.7. The van der Waals surface area contributed by atoms with Crippen LogP contribution in [0.15, 0.2) is 59.6 Å². The van der Waals surface area contributed by atoms with Gasteiger partial charge < -0.3 is 25.6 Å². The van der Waals surface area contributed by atoms with Crippen molar-refractivity contribution in [2.75, 3.05) is 25.6 Å². The van der Waals surface area contributed by atoms with Crippen LogP contribution in [0.5, 0.6) is 5.75 Å². The summed E-state index contributed by atoms with van der Waals surface area (Å²) in [5, 5.41) is 12.8. The summed E-state index contributed by atoms with van der Waals surface area (Å²) in [5.41, 5.74) is 7.64. The van der Waals surface area contributed by atoms with E-state index in [0.717, 1.165) is 17.0 Å². The lowest BCUT2D eigenvalue weighted by Crippen LogP contribution is -2.26. The van der Waals surface area contributed by atoms with Crippen molar-refractivity contribution in [2.24, 2.45) is 10.7 Å². The second-order valence-corrected chi connectivity index (χ2v) is 5.24. The number of methoxy groups -OCH3 is 1. The molecule has 0 saturated carbocycles. The molecule has 4 N–H and O–H groups in total. The zero-order chi connectivity index (χ0) is 17.2. The van der Waals surface area contributed by atoms with Gasteiger partial charge in [-0.05, 0) is 17.7 Å². The van der Waals surface area contributed by atoms with Gasteiger partial charge in [-0.2, -0.15) is 0 Å². The highest BCUT2D eigenvalue weighted by atomic mass is 16.5. The second kappa shape index (κ2) is 9.54. The molecule has 0 bridgehead atoms. The molecule has 24 heavy (non-hydrogen) atoms. The second-order valence-electron chi connectivity index (χ2n) is 5.24. The molecular formula is C18H23N3O3. The maximum atomic E-state index is 9.89. The fraction of sp³-hybridized carbons (Fsp3) is 0.278. The van der Waals surface area contributed by atoms with Crippen LogP contribution >= 0.6 is 0 Å². The number of ether oxygens (including phenoxy) is 2. The Kier molecular flexibility index (Phi) is 7.07. The number of anilines is 1. The van der Waals surface area contributed by atoms with Gasteiger partial charge in [0.15, 0.2) is 5.96 Å². The van der Waals surface area contributed by atoms with E-state index < -0.39 is 6.10 Å². The molecule has 6 nitrogen and oxygen atoms in total. The van der Waals surface area contributed by atoms with Gasteiger partial charge in [-0.3, -0.25) is 4.99 Å². The van der Waals surface area contributed by atoms with Gasteiger partial charge in [0, 0.05) is 11.8 Å². The molecule has 0 aliphatic carbocycles. The minimum absolute atomic E-state index is 0.164. The zero-order valence-corrected chi connectivity index (χ0v) is 13.7. The van der Waals surface area contributed by atoms with E-state index >= 15 is 0 Å². The van der Waals surface area contributed by atoms with Crippen molar-refractivity contribution in [1.82, 2.24) is 0 Å². The topological polar surface area (TPSA) is 89.1 Å². The number of aliphatic hydroxyl groups excluding tert-OH is 1. The van der Waals surface area contributed by atoms with Crippen molar-refractivity contribution in [3.05, 3.63) is 60.2 Å². The standard InChI is InChI=1S/C18H23N3O3/c1-23-17-9-5-8-15(10-17)21-18(19)20-11-16(22)13-24-12-14-6-3-2-4-7-14/h2-10,16,22H,11-13H2,1H3,(H3,19,20,21). The molecule has 0 saturated heterocycles. The number of nitrogens with two attached hydrogens (primary N) is 1. The highest BCUT2D eigenvalue weighted by molar-refractivity contribution is 5.92. The number of aliphatic hydroxyl groups is 1. The molecule has 0 heterocycles.